The van der Waals surface area contributed by atoms with Crippen LogP contribution in [0, 0.1) is 0 Å². The first-order valence-corrected chi connectivity index (χ1v) is 4.86. The molecule has 0 fully saturated rings. The van der Waals surface area contributed by atoms with E-state index in [1.807, 2.05) is 26.0 Å². The van der Waals surface area contributed by atoms with Gasteiger partial charge in [0, 0.05) is 17.3 Å². The number of aromatic nitrogens is 1. The molecular weight excluding hydrogens is 176 g/mol. The minimum Gasteiger partial charge on any atom is -0.395 e. The van der Waals surface area contributed by atoms with E-state index < -0.39 is 0 Å². The Morgan fingerprint density at radius 2 is 2.21 bits per heavy atom. The van der Waals surface area contributed by atoms with Crippen molar-refractivity contribution in [1.29, 1.82) is 0 Å². The highest BCUT2D eigenvalue weighted by Gasteiger charge is 2.20. The SMILES string of the molecule is CC(C)(CO)c1cc(CCN)ccn1. The number of nitrogens with two attached hydrogens (primary N) is 1. The van der Waals surface area contributed by atoms with Crippen molar-refractivity contribution in [3.63, 3.8) is 0 Å². The highest BCUT2D eigenvalue weighted by molar-refractivity contribution is 5.22. The summed E-state index contributed by atoms with van der Waals surface area (Å²) in [6, 6.07) is 3.98. The molecule has 0 aliphatic carbocycles. The molecule has 0 radical (unpaired) electrons. The fourth-order valence-corrected chi connectivity index (χ4v) is 1.25. The lowest BCUT2D eigenvalue weighted by Gasteiger charge is -2.21. The van der Waals surface area contributed by atoms with Crippen LogP contribution >= 0.6 is 0 Å². The number of rotatable bonds is 4. The van der Waals surface area contributed by atoms with E-state index >= 15 is 0 Å². The lowest BCUT2D eigenvalue weighted by atomic mass is 9.89. The van der Waals surface area contributed by atoms with Gasteiger partial charge in [0.15, 0.2) is 0 Å². The van der Waals surface area contributed by atoms with Gasteiger partial charge in [0.2, 0.25) is 0 Å². The van der Waals surface area contributed by atoms with Crippen LogP contribution in [-0.4, -0.2) is 23.2 Å². The van der Waals surface area contributed by atoms with Crippen LogP contribution in [0.15, 0.2) is 18.3 Å². The summed E-state index contributed by atoms with van der Waals surface area (Å²) in [5.41, 5.74) is 7.31. The Bertz CT molecular complexity index is 297. The Hall–Kier alpha value is -0.930. The first kappa shape index (κ1) is 11.1. The molecule has 0 saturated carbocycles. The van der Waals surface area contributed by atoms with Crippen molar-refractivity contribution in [3.8, 4) is 0 Å². The van der Waals surface area contributed by atoms with Crippen LogP contribution in [0.25, 0.3) is 0 Å². The van der Waals surface area contributed by atoms with Crippen LogP contribution < -0.4 is 5.73 Å². The number of nitrogens with zero attached hydrogens (tertiary/aromatic N) is 1. The lowest BCUT2D eigenvalue weighted by molar-refractivity contribution is 0.215. The van der Waals surface area contributed by atoms with E-state index in [1.54, 1.807) is 6.20 Å². The zero-order valence-electron chi connectivity index (χ0n) is 8.83. The number of hydrogen-bond donors (Lipinski definition) is 2. The van der Waals surface area contributed by atoms with Crippen molar-refractivity contribution < 1.29 is 5.11 Å². The predicted octanol–water partition coefficient (Wildman–Crippen LogP) is 0.853. The Labute approximate surface area is 85.0 Å². The lowest BCUT2D eigenvalue weighted by Crippen LogP contribution is -2.23. The second-order valence-corrected chi connectivity index (χ2v) is 4.13. The Morgan fingerprint density at radius 3 is 2.79 bits per heavy atom. The molecule has 1 rings (SSSR count). The second-order valence-electron chi connectivity index (χ2n) is 4.13. The van der Waals surface area contributed by atoms with Gasteiger partial charge in [-0.2, -0.15) is 0 Å². The molecule has 0 spiro atoms. The van der Waals surface area contributed by atoms with Gasteiger partial charge in [-0.1, -0.05) is 13.8 Å². The normalized spacial score (nSPS) is 11.7. The minimum atomic E-state index is -0.273. The second kappa shape index (κ2) is 4.53. The summed E-state index contributed by atoms with van der Waals surface area (Å²) in [6.07, 6.45) is 2.63. The number of aliphatic hydroxyl groups is 1. The van der Waals surface area contributed by atoms with Gasteiger partial charge < -0.3 is 10.8 Å². The fraction of sp³-hybridized carbons (Fsp3) is 0.545. The molecule has 0 atom stereocenters. The van der Waals surface area contributed by atoms with Crippen LogP contribution in [0.2, 0.25) is 0 Å². The molecule has 0 saturated heterocycles. The van der Waals surface area contributed by atoms with E-state index in [0.29, 0.717) is 6.54 Å². The molecule has 0 aliphatic rings. The molecule has 0 aromatic carbocycles. The highest BCUT2D eigenvalue weighted by atomic mass is 16.3. The van der Waals surface area contributed by atoms with Crippen molar-refractivity contribution in [2.75, 3.05) is 13.2 Å². The maximum atomic E-state index is 9.20. The quantitative estimate of drug-likeness (QED) is 0.747. The molecule has 14 heavy (non-hydrogen) atoms. The van der Waals surface area contributed by atoms with E-state index in [-0.39, 0.29) is 12.0 Å². The largest absolute Gasteiger partial charge is 0.395 e. The van der Waals surface area contributed by atoms with Gasteiger partial charge in [0.05, 0.1) is 6.61 Å². The van der Waals surface area contributed by atoms with E-state index in [4.69, 9.17) is 5.73 Å². The summed E-state index contributed by atoms with van der Waals surface area (Å²) in [4.78, 5) is 4.26. The van der Waals surface area contributed by atoms with Gasteiger partial charge >= 0.3 is 0 Å². The van der Waals surface area contributed by atoms with Crippen molar-refractivity contribution in [2.45, 2.75) is 25.7 Å². The molecule has 1 heterocycles. The minimum absolute atomic E-state index is 0.103. The summed E-state index contributed by atoms with van der Waals surface area (Å²) >= 11 is 0. The molecule has 0 unspecified atom stereocenters. The summed E-state index contributed by atoms with van der Waals surface area (Å²) < 4.78 is 0. The molecule has 3 heteroatoms. The van der Waals surface area contributed by atoms with Crippen LogP contribution in [0.5, 0.6) is 0 Å². The molecule has 0 bridgehead atoms. The highest BCUT2D eigenvalue weighted by Crippen LogP contribution is 2.20. The van der Waals surface area contributed by atoms with Gasteiger partial charge in [-0.3, -0.25) is 4.98 Å². The van der Waals surface area contributed by atoms with E-state index in [1.165, 1.54) is 5.56 Å². The van der Waals surface area contributed by atoms with Crippen molar-refractivity contribution >= 4 is 0 Å². The summed E-state index contributed by atoms with van der Waals surface area (Å²) in [7, 11) is 0. The Morgan fingerprint density at radius 1 is 1.50 bits per heavy atom. The van der Waals surface area contributed by atoms with Gasteiger partial charge in [0.1, 0.15) is 0 Å². The molecule has 1 aromatic heterocycles. The fourth-order valence-electron chi connectivity index (χ4n) is 1.25. The summed E-state index contributed by atoms with van der Waals surface area (Å²) in [5.74, 6) is 0. The van der Waals surface area contributed by atoms with Crippen LogP contribution in [0.1, 0.15) is 25.1 Å². The van der Waals surface area contributed by atoms with Crippen LogP contribution in [0.3, 0.4) is 0 Å². The molecule has 0 amide bonds. The average Bonchev–Trinajstić information content (AvgIpc) is 2.19. The Kier molecular flexibility index (Phi) is 3.61. The molecule has 3 nitrogen and oxygen atoms in total. The maximum absolute atomic E-state index is 9.20. The smallest absolute Gasteiger partial charge is 0.0537 e. The number of hydrogen-bond acceptors (Lipinski definition) is 3. The third-order valence-corrected chi connectivity index (χ3v) is 2.35. The van der Waals surface area contributed by atoms with E-state index in [0.717, 1.165) is 12.1 Å². The predicted molar refractivity (Wildman–Crippen MR) is 57.1 cm³/mol. The standard InChI is InChI=1S/C11H18N2O/c1-11(2,8-14)10-7-9(3-5-12)4-6-13-10/h4,6-7,14H,3,5,8,12H2,1-2H3. The number of pyridine rings is 1. The third-order valence-electron chi connectivity index (χ3n) is 2.35. The first-order valence-electron chi connectivity index (χ1n) is 4.86. The summed E-state index contributed by atoms with van der Waals surface area (Å²) in [6.45, 7) is 4.69. The van der Waals surface area contributed by atoms with Crippen molar-refractivity contribution in [2.24, 2.45) is 5.73 Å². The van der Waals surface area contributed by atoms with Crippen molar-refractivity contribution in [3.05, 3.63) is 29.6 Å². The topological polar surface area (TPSA) is 59.1 Å². The number of aliphatic hydroxyl groups excluding tert-OH is 1. The zero-order chi connectivity index (χ0) is 10.6. The maximum Gasteiger partial charge on any atom is 0.0537 e. The van der Waals surface area contributed by atoms with Gasteiger partial charge in [-0.25, -0.2) is 0 Å². The van der Waals surface area contributed by atoms with E-state index in [2.05, 4.69) is 4.98 Å². The first-order chi connectivity index (χ1) is 6.60. The van der Waals surface area contributed by atoms with Crippen LogP contribution in [-0.2, 0) is 11.8 Å². The molecular formula is C11H18N2O. The van der Waals surface area contributed by atoms with Crippen molar-refractivity contribution in [1.82, 2.24) is 4.98 Å². The zero-order valence-corrected chi connectivity index (χ0v) is 8.83. The molecule has 0 aliphatic heterocycles. The Balaban J connectivity index is 2.93. The summed E-state index contributed by atoms with van der Waals surface area (Å²) in [5, 5.41) is 9.20. The van der Waals surface area contributed by atoms with Gasteiger partial charge in [-0.05, 0) is 30.7 Å². The molecule has 78 valence electrons. The monoisotopic (exact) mass is 194 g/mol. The molecule has 1 aromatic rings. The van der Waals surface area contributed by atoms with E-state index in [9.17, 15) is 5.11 Å². The molecule has 3 N–H and O–H groups in total. The van der Waals surface area contributed by atoms with Gasteiger partial charge in [0.25, 0.3) is 0 Å². The van der Waals surface area contributed by atoms with Crippen LogP contribution in [0.4, 0.5) is 0 Å². The van der Waals surface area contributed by atoms with Gasteiger partial charge in [-0.15, -0.1) is 0 Å². The average molecular weight is 194 g/mol. The third kappa shape index (κ3) is 2.53.